The Morgan fingerprint density at radius 2 is 2.12 bits per heavy atom. The molecule has 7 heteroatoms. The van der Waals surface area contributed by atoms with Gasteiger partial charge in [0.2, 0.25) is 5.91 Å². The average molecular weight is 336 g/mol. The van der Waals surface area contributed by atoms with Crippen molar-refractivity contribution < 1.29 is 9.72 Å². The Morgan fingerprint density at radius 3 is 2.84 bits per heavy atom. The van der Waals surface area contributed by atoms with E-state index in [1.807, 2.05) is 30.3 Å². The summed E-state index contributed by atoms with van der Waals surface area (Å²) in [6.07, 6.45) is 0.824. The van der Waals surface area contributed by atoms with E-state index >= 15 is 0 Å². The van der Waals surface area contributed by atoms with Crippen LogP contribution in [0.1, 0.15) is 18.1 Å². The van der Waals surface area contributed by atoms with E-state index in [4.69, 9.17) is 5.26 Å². The van der Waals surface area contributed by atoms with Gasteiger partial charge in [-0.1, -0.05) is 18.2 Å². The number of fused-ring (bicyclic) bond motifs is 1. The highest BCUT2D eigenvalue weighted by Crippen LogP contribution is 2.28. The molecule has 2 aromatic carbocycles. The van der Waals surface area contributed by atoms with Gasteiger partial charge in [-0.2, -0.15) is 5.26 Å². The number of nitrogens with zero attached hydrogens (tertiary/aromatic N) is 3. The number of carbonyl (C=O) groups is 1. The number of nitriles is 1. The summed E-state index contributed by atoms with van der Waals surface area (Å²) in [4.78, 5) is 24.8. The van der Waals surface area contributed by atoms with Crippen LogP contribution < -0.4 is 10.2 Å². The van der Waals surface area contributed by atoms with Crippen molar-refractivity contribution in [3.8, 4) is 6.07 Å². The molecule has 3 rings (SSSR count). The van der Waals surface area contributed by atoms with E-state index in [1.165, 1.54) is 18.2 Å². The molecule has 1 aliphatic heterocycles. The number of amides is 1. The average Bonchev–Trinajstić information content (AvgIpc) is 3.04. The summed E-state index contributed by atoms with van der Waals surface area (Å²) in [5.41, 5.74) is 2.27. The smallest absolute Gasteiger partial charge is 0.287 e. The molecule has 0 aromatic heterocycles. The van der Waals surface area contributed by atoms with Crippen LogP contribution in [-0.2, 0) is 11.2 Å². The molecule has 0 spiro atoms. The molecule has 1 aliphatic rings. The first-order valence-electron chi connectivity index (χ1n) is 7.85. The van der Waals surface area contributed by atoms with Crippen LogP contribution in [0.4, 0.5) is 17.1 Å². The molecule has 126 valence electrons. The van der Waals surface area contributed by atoms with Crippen LogP contribution in [0.15, 0.2) is 42.5 Å². The minimum Gasteiger partial charge on any atom is -0.374 e. The van der Waals surface area contributed by atoms with Gasteiger partial charge in [-0.3, -0.25) is 14.9 Å². The zero-order valence-electron chi connectivity index (χ0n) is 13.6. The maximum atomic E-state index is 12.7. The van der Waals surface area contributed by atoms with E-state index in [9.17, 15) is 14.9 Å². The minimum absolute atomic E-state index is 0.0406. The third-order valence-electron chi connectivity index (χ3n) is 4.22. The first kappa shape index (κ1) is 16.5. The molecule has 2 aromatic rings. The summed E-state index contributed by atoms with van der Waals surface area (Å²) >= 11 is 0. The lowest BCUT2D eigenvalue weighted by molar-refractivity contribution is -0.385. The molecular weight excluding hydrogens is 320 g/mol. The number of nitrogens with one attached hydrogen (secondary N) is 1. The molecule has 0 bridgehead atoms. The summed E-state index contributed by atoms with van der Waals surface area (Å²) < 4.78 is 0. The van der Waals surface area contributed by atoms with E-state index in [0.29, 0.717) is 12.2 Å². The largest absolute Gasteiger partial charge is 0.374 e. The quantitative estimate of drug-likeness (QED) is 0.683. The summed E-state index contributed by atoms with van der Waals surface area (Å²) in [7, 11) is 0. The Balaban J connectivity index is 1.77. The van der Waals surface area contributed by atoms with Crippen LogP contribution in [0.25, 0.3) is 0 Å². The molecule has 7 nitrogen and oxygen atoms in total. The van der Waals surface area contributed by atoms with Gasteiger partial charge in [0.05, 0.1) is 4.92 Å². The Kier molecular flexibility index (Phi) is 4.35. The Morgan fingerprint density at radius 1 is 1.36 bits per heavy atom. The lowest BCUT2D eigenvalue weighted by atomic mass is 10.1. The van der Waals surface area contributed by atoms with Gasteiger partial charge < -0.3 is 10.2 Å². The monoisotopic (exact) mass is 336 g/mol. The van der Waals surface area contributed by atoms with E-state index in [2.05, 4.69) is 5.32 Å². The summed E-state index contributed by atoms with van der Waals surface area (Å²) in [5.74, 6) is -0.0817. The number of hydrogen-bond donors (Lipinski definition) is 1. The molecule has 0 unspecified atom stereocenters. The highest BCUT2D eigenvalue weighted by Gasteiger charge is 2.27. The molecule has 0 aliphatic carbocycles. The number of carbonyl (C=O) groups excluding carboxylic acids is 1. The maximum Gasteiger partial charge on any atom is 0.287 e. The molecule has 1 atom stereocenters. The van der Waals surface area contributed by atoms with Gasteiger partial charge in [-0.05, 0) is 37.1 Å². The number of nitro groups is 1. The number of anilines is 2. The number of rotatable bonds is 4. The van der Waals surface area contributed by atoms with Crippen LogP contribution in [0.5, 0.6) is 0 Å². The zero-order valence-corrected chi connectivity index (χ0v) is 13.6. The van der Waals surface area contributed by atoms with Crippen LogP contribution in [0.2, 0.25) is 0 Å². The van der Waals surface area contributed by atoms with Crippen molar-refractivity contribution in [2.75, 3.05) is 16.8 Å². The molecule has 0 saturated carbocycles. The fourth-order valence-corrected chi connectivity index (χ4v) is 2.99. The van der Waals surface area contributed by atoms with Gasteiger partial charge in [0.25, 0.3) is 5.69 Å². The highest BCUT2D eigenvalue weighted by molar-refractivity contribution is 6.00. The van der Waals surface area contributed by atoms with Gasteiger partial charge in [0.1, 0.15) is 17.7 Å². The Hall–Kier alpha value is -3.40. The van der Waals surface area contributed by atoms with E-state index in [1.54, 1.807) is 11.8 Å². The molecule has 1 heterocycles. The third-order valence-corrected chi connectivity index (χ3v) is 4.22. The number of para-hydroxylation sites is 1. The van der Waals surface area contributed by atoms with E-state index < -0.39 is 11.0 Å². The number of hydrogen-bond acceptors (Lipinski definition) is 5. The van der Waals surface area contributed by atoms with Gasteiger partial charge in [-0.15, -0.1) is 0 Å². The fourth-order valence-electron chi connectivity index (χ4n) is 2.99. The normalized spacial score (nSPS) is 13.7. The van der Waals surface area contributed by atoms with Gasteiger partial charge in [0, 0.05) is 24.0 Å². The summed E-state index contributed by atoms with van der Waals surface area (Å²) in [6.45, 7) is 2.37. The second-order valence-electron chi connectivity index (χ2n) is 5.84. The van der Waals surface area contributed by atoms with Crippen molar-refractivity contribution in [3.05, 3.63) is 63.7 Å². The molecule has 0 saturated heterocycles. The molecule has 0 fully saturated rings. The third kappa shape index (κ3) is 3.15. The first-order chi connectivity index (χ1) is 12.0. The van der Waals surface area contributed by atoms with Crippen molar-refractivity contribution in [1.29, 1.82) is 5.26 Å². The zero-order chi connectivity index (χ0) is 18.0. The highest BCUT2D eigenvalue weighted by atomic mass is 16.6. The Labute approximate surface area is 144 Å². The van der Waals surface area contributed by atoms with Gasteiger partial charge in [0.15, 0.2) is 0 Å². The van der Waals surface area contributed by atoms with E-state index in [0.717, 1.165) is 17.7 Å². The lowest BCUT2D eigenvalue weighted by Gasteiger charge is -2.23. The summed E-state index contributed by atoms with van der Waals surface area (Å²) in [5, 5.41) is 23.0. The van der Waals surface area contributed by atoms with Gasteiger partial charge >= 0.3 is 0 Å². The standard InChI is InChI=1S/C18H16N4O3/c1-12(18(23)21-9-8-13-4-2-3-5-16(13)21)20-15-6-7-17(22(24)25)14(10-15)11-19/h2-7,10,12,20H,8-9H2,1H3/t12-/m0/s1. The van der Waals surface area contributed by atoms with Crippen molar-refractivity contribution in [2.45, 2.75) is 19.4 Å². The van der Waals surface area contributed by atoms with Crippen LogP contribution in [-0.4, -0.2) is 23.4 Å². The molecule has 25 heavy (non-hydrogen) atoms. The lowest BCUT2D eigenvalue weighted by Crippen LogP contribution is -2.40. The second-order valence-corrected chi connectivity index (χ2v) is 5.84. The van der Waals surface area contributed by atoms with E-state index in [-0.39, 0.29) is 17.2 Å². The van der Waals surface area contributed by atoms with Gasteiger partial charge in [-0.25, -0.2) is 0 Å². The molecule has 0 radical (unpaired) electrons. The predicted octanol–water partition coefficient (Wildman–Crippen LogP) is 2.86. The van der Waals surface area contributed by atoms with Crippen LogP contribution in [0, 0.1) is 21.4 Å². The SMILES string of the molecule is C[C@H](Nc1ccc([N+](=O)[O-])c(C#N)c1)C(=O)N1CCc2ccccc21. The maximum absolute atomic E-state index is 12.7. The molecular formula is C18H16N4O3. The fraction of sp³-hybridized carbons (Fsp3) is 0.222. The number of benzene rings is 2. The molecule has 1 N–H and O–H groups in total. The van der Waals surface area contributed by atoms with Crippen molar-refractivity contribution in [1.82, 2.24) is 0 Å². The van der Waals surface area contributed by atoms with Crippen LogP contribution >= 0.6 is 0 Å². The van der Waals surface area contributed by atoms with Crippen LogP contribution in [0.3, 0.4) is 0 Å². The first-order valence-corrected chi connectivity index (χ1v) is 7.85. The Bertz CT molecular complexity index is 888. The predicted molar refractivity (Wildman–Crippen MR) is 93.4 cm³/mol. The van der Waals surface area contributed by atoms with Crippen molar-refractivity contribution >= 4 is 23.0 Å². The van der Waals surface area contributed by atoms with Crippen molar-refractivity contribution in [3.63, 3.8) is 0 Å². The molecule has 1 amide bonds. The second kappa shape index (κ2) is 6.61. The topological polar surface area (TPSA) is 99.3 Å². The summed E-state index contributed by atoms with van der Waals surface area (Å²) in [6, 6.07) is 13.2. The van der Waals surface area contributed by atoms with Crippen molar-refractivity contribution in [2.24, 2.45) is 0 Å². The number of nitro benzene ring substituents is 1. The minimum atomic E-state index is -0.599.